The summed E-state index contributed by atoms with van der Waals surface area (Å²) in [6.07, 6.45) is 3.99. The SMILES string of the molecule is CCOC(C)(OCC)Oc1cccc2ccc(C=Cc3ccc(OC)cc3)nc12. The molecule has 0 saturated carbocycles. The number of hydrogen-bond donors (Lipinski definition) is 0. The van der Waals surface area contributed by atoms with Gasteiger partial charge in [-0.05, 0) is 49.8 Å². The third-order valence-corrected chi connectivity index (χ3v) is 4.38. The number of nitrogens with zero attached hydrogens (tertiary/aromatic N) is 1. The van der Waals surface area contributed by atoms with Crippen LogP contribution in [0.15, 0.2) is 54.6 Å². The van der Waals surface area contributed by atoms with Crippen LogP contribution in [-0.2, 0) is 9.47 Å². The van der Waals surface area contributed by atoms with E-state index < -0.39 is 5.97 Å². The van der Waals surface area contributed by atoms with Gasteiger partial charge in [0, 0.05) is 12.3 Å². The first-order valence-electron chi connectivity index (χ1n) is 9.75. The van der Waals surface area contributed by atoms with Crippen molar-refractivity contribution in [3.8, 4) is 11.5 Å². The van der Waals surface area contributed by atoms with Crippen LogP contribution in [0.5, 0.6) is 11.5 Å². The molecule has 0 radical (unpaired) electrons. The van der Waals surface area contributed by atoms with Gasteiger partial charge >= 0.3 is 5.97 Å². The van der Waals surface area contributed by atoms with Crippen LogP contribution in [0, 0.1) is 0 Å². The van der Waals surface area contributed by atoms with E-state index >= 15 is 0 Å². The number of fused-ring (bicyclic) bond motifs is 1. The molecule has 0 N–H and O–H groups in total. The molecule has 0 saturated heterocycles. The molecule has 0 bridgehead atoms. The molecule has 0 aliphatic heterocycles. The molecule has 3 rings (SSSR count). The van der Waals surface area contributed by atoms with Crippen molar-refractivity contribution in [2.75, 3.05) is 20.3 Å². The van der Waals surface area contributed by atoms with E-state index in [1.165, 1.54) is 0 Å². The maximum Gasteiger partial charge on any atom is 0.323 e. The zero-order valence-electron chi connectivity index (χ0n) is 17.3. The van der Waals surface area contributed by atoms with Crippen LogP contribution in [0.2, 0.25) is 0 Å². The van der Waals surface area contributed by atoms with Crippen molar-refractivity contribution in [2.45, 2.75) is 26.7 Å². The van der Waals surface area contributed by atoms with Gasteiger partial charge in [-0.3, -0.25) is 0 Å². The maximum atomic E-state index is 6.09. The molecule has 0 amide bonds. The van der Waals surface area contributed by atoms with E-state index in [1.54, 1.807) is 14.0 Å². The number of benzene rings is 2. The number of hydrogen-bond acceptors (Lipinski definition) is 5. The van der Waals surface area contributed by atoms with E-state index in [0.29, 0.717) is 19.0 Å². The fourth-order valence-corrected chi connectivity index (χ4v) is 3.03. The minimum atomic E-state index is -1.16. The van der Waals surface area contributed by atoms with Crippen molar-refractivity contribution in [3.05, 3.63) is 65.9 Å². The molecule has 0 aliphatic rings. The highest BCUT2D eigenvalue weighted by Gasteiger charge is 2.28. The summed E-state index contributed by atoms with van der Waals surface area (Å²) in [4.78, 5) is 4.78. The Morgan fingerprint density at radius 1 is 0.897 bits per heavy atom. The van der Waals surface area contributed by atoms with Crippen molar-refractivity contribution in [2.24, 2.45) is 0 Å². The molecule has 5 heteroatoms. The second-order valence-corrected chi connectivity index (χ2v) is 6.50. The molecule has 1 aromatic heterocycles. The summed E-state index contributed by atoms with van der Waals surface area (Å²) in [5, 5.41) is 0.986. The first kappa shape index (κ1) is 20.8. The Balaban J connectivity index is 1.89. The van der Waals surface area contributed by atoms with E-state index in [4.69, 9.17) is 23.9 Å². The van der Waals surface area contributed by atoms with Gasteiger partial charge in [-0.25, -0.2) is 4.98 Å². The Morgan fingerprint density at radius 2 is 1.62 bits per heavy atom. The monoisotopic (exact) mass is 393 g/mol. The summed E-state index contributed by atoms with van der Waals surface area (Å²) in [6.45, 7) is 6.54. The lowest BCUT2D eigenvalue weighted by Crippen LogP contribution is -2.39. The Kier molecular flexibility index (Phi) is 6.86. The number of rotatable bonds is 9. The third kappa shape index (κ3) is 5.34. The van der Waals surface area contributed by atoms with Gasteiger partial charge in [-0.15, -0.1) is 0 Å². The molecular weight excluding hydrogens is 366 g/mol. The molecule has 0 spiro atoms. The minimum Gasteiger partial charge on any atom is -0.497 e. The summed E-state index contributed by atoms with van der Waals surface area (Å²) < 4.78 is 22.7. The van der Waals surface area contributed by atoms with Gasteiger partial charge in [-0.2, -0.15) is 0 Å². The Morgan fingerprint density at radius 3 is 2.28 bits per heavy atom. The summed E-state index contributed by atoms with van der Waals surface area (Å²) in [5.41, 5.74) is 2.66. The van der Waals surface area contributed by atoms with Crippen molar-refractivity contribution >= 4 is 23.1 Å². The average molecular weight is 393 g/mol. The number of ether oxygens (including phenoxy) is 4. The Labute approximate surface area is 171 Å². The molecule has 5 nitrogen and oxygen atoms in total. The lowest BCUT2D eigenvalue weighted by Gasteiger charge is -2.29. The van der Waals surface area contributed by atoms with Crippen molar-refractivity contribution in [3.63, 3.8) is 0 Å². The average Bonchev–Trinajstić information content (AvgIpc) is 2.73. The van der Waals surface area contributed by atoms with Gasteiger partial charge in [0.2, 0.25) is 0 Å². The highest BCUT2D eigenvalue weighted by molar-refractivity contribution is 5.86. The van der Waals surface area contributed by atoms with Crippen LogP contribution in [0.25, 0.3) is 23.1 Å². The summed E-state index contributed by atoms with van der Waals surface area (Å²) in [7, 11) is 1.66. The molecule has 2 aromatic carbocycles. The van der Waals surface area contributed by atoms with E-state index in [2.05, 4.69) is 0 Å². The van der Waals surface area contributed by atoms with Gasteiger partial charge in [0.25, 0.3) is 0 Å². The number of pyridine rings is 1. The normalized spacial score (nSPS) is 11.9. The van der Waals surface area contributed by atoms with Crippen molar-refractivity contribution in [1.82, 2.24) is 4.98 Å². The molecule has 152 valence electrons. The summed E-state index contributed by atoms with van der Waals surface area (Å²) >= 11 is 0. The number of aromatic nitrogens is 1. The fraction of sp³-hybridized carbons (Fsp3) is 0.292. The molecular formula is C24H27NO4. The van der Waals surface area contributed by atoms with Gasteiger partial charge < -0.3 is 18.9 Å². The third-order valence-electron chi connectivity index (χ3n) is 4.38. The summed E-state index contributed by atoms with van der Waals surface area (Å²) in [6, 6.07) is 17.7. The Bertz CT molecular complexity index is 960. The molecule has 0 aliphatic carbocycles. The van der Waals surface area contributed by atoms with Crippen LogP contribution < -0.4 is 9.47 Å². The molecule has 3 aromatic rings. The quantitative estimate of drug-likeness (QED) is 0.447. The predicted molar refractivity (Wildman–Crippen MR) is 116 cm³/mol. The second kappa shape index (κ2) is 9.54. The zero-order valence-corrected chi connectivity index (χ0v) is 17.3. The largest absolute Gasteiger partial charge is 0.497 e. The van der Waals surface area contributed by atoms with Crippen molar-refractivity contribution in [1.29, 1.82) is 0 Å². The smallest absolute Gasteiger partial charge is 0.323 e. The summed E-state index contributed by atoms with van der Waals surface area (Å²) in [5.74, 6) is 0.292. The Hall–Kier alpha value is -2.89. The van der Waals surface area contributed by atoms with Crippen LogP contribution in [-0.4, -0.2) is 31.3 Å². The first-order chi connectivity index (χ1) is 14.1. The van der Waals surface area contributed by atoms with Crippen molar-refractivity contribution < 1.29 is 18.9 Å². The van der Waals surface area contributed by atoms with Gasteiger partial charge in [0.1, 0.15) is 11.3 Å². The van der Waals surface area contributed by atoms with Crippen LogP contribution in [0.4, 0.5) is 0 Å². The van der Waals surface area contributed by atoms with Crippen LogP contribution >= 0.6 is 0 Å². The lowest BCUT2D eigenvalue weighted by atomic mass is 10.1. The zero-order chi connectivity index (χ0) is 20.7. The van der Waals surface area contributed by atoms with E-state index in [1.807, 2.05) is 80.6 Å². The highest BCUT2D eigenvalue weighted by atomic mass is 16.9. The fourth-order valence-electron chi connectivity index (χ4n) is 3.03. The maximum absolute atomic E-state index is 6.09. The lowest BCUT2D eigenvalue weighted by molar-refractivity contribution is -0.328. The molecule has 0 atom stereocenters. The number of methoxy groups -OCH3 is 1. The molecule has 1 heterocycles. The van der Waals surface area contributed by atoms with E-state index in [0.717, 1.165) is 27.9 Å². The standard InChI is InChI=1S/C24H27NO4/c1-5-27-24(3,28-6-2)29-22-9-7-8-19-13-15-20(25-23(19)22)14-10-18-11-16-21(26-4)17-12-18/h7-17H,5-6H2,1-4H3. The molecule has 0 fully saturated rings. The van der Waals surface area contributed by atoms with E-state index in [9.17, 15) is 0 Å². The van der Waals surface area contributed by atoms with E-state index in [-0.39, 0.29) is 0 Å². The van der Waals surface area contributed by atoms with Crippen LogP contribution in [0.3, 0.4) is 0 Å². The second-order valence-electron chi connectivity index (χ2n) is 6.50. The first-order valence-corrected chi connectivity index (χ1v) is 9.75. The predicted octanol–water partition coefficient (Wildman–Crippen LogP) is 5.54. The van der Waals surface area contributed by atoms with Gasteiger partial charge in [0.15, 0.2) is 5.75 Å². The minimum absolute atomic E-state index is 0.477. The van der Waals surface area contributed by atoms with Crippen LogP contribution in [0.1, 0.15) is 32.0 Å². The molecule has 29 heavy (non-hydrogen) atoms. The van der Waals surface area contributed by atoms with Gasteiger partial charge in [0.05, 0.1) is 26.0 Å². The van der Waals surface area contributed by atoms with Gasteiger partial charge in [-0.1, -0.05) is 36.4 Å². The number of para-hydroxylation sites is 1. The topological polar surface area (TPSA) is 49.8 Å². The molecule has 0 unspecified atom stereocenters. The highest BCUT2D eigenvalue weighted by Crippen LogP contribution is 2.29.